The standard InChI is InChI=1S/C20H24N2O3/c1-12-11-15(13(2)22(12)16-7-5-6-9-21-16)19(23)25-18-14-8-10-24-17(14)20(18,3)4/h5-7,9,11,14,17-18H,8,10H2,1-4H3/t14-,17+,18+/m0/s1. The van der Waals surface area contributed by atoms with Crippen LogP contribution < -0.4 is 0 Å². The molecule has 25 heavy (non-hydrogen) atoms. The van der Waals surface area contributed by atoms with Gasteiger partial charge in [0.25, 0.3) is 0 Å². The van der Waals surface area contributed by atoms with Gasteiger partial charge in [-0.2, -0.15) is 0 Å². The Bertz CT molecular complexity index is 810. The highest BCUT2D eigenvalue weighted by atomic mass is 16.6. The molecule has 2 aromatic rings. The van der Waals surface area contributed by atoms with E-state index in [1.807, 2.05) is 42.7 Å². The molecule has 2 fully saturated rings. The van der Waals surface area contributed by atoms with Crippen LogP contribution >= 0.6 is 0 Å². The van der Waals surface area contributed by atoms with E-state index in [-0.39, 0.29) is 23.6 Å². The Hall–Kier alpha value is -2.14. The number of carbonyl (C=O) groups is 1. The van der Waals surface area contributed by atoms with Crippen LogP contribution in [0.1, 0.15) is 42.0 Å². The molecule has 1 saturated heterocycles. The highest BCUT2D eigenvalue weighted by Crippen LogP contribution is 2.53. The summed E-state index contributed by atoms with van der Waals surface area (Å²) in [6.45, 7) is 8.92. The van der Waals surface area contributed by atoms with Gasteiger partial charge in [0.2, 0.25) is 0 Å². The maximum absolute atomic E-state index is 12.8. The summed E-state index contributed by atoms with van der Waals surface area (Å²) >= 11 is 0. The number of ether oxygens (including phenoxy) is 2. The van der Waals surface area contributed by atoms with E-state index in [0.717, 1.165) is 30.2 Å². The molecule has 2 aliphatic rings. The molecule has 1 aliphatic carbocycles. The Morgan fingerprint density at radius 3 is 2.88 bits per heavy atom. The summed E-state index contributed by atoms with van der Waals surface area (Å²) in [4.78, 5) is 17.2. The molecule has 0 unspecified atom stereocenters. The SMILES string of the molecule is Cc1cc(C(=O)O[C@@H]2[C@H]3CCO[C@H]3C2(C)C)c(C)n1-c1ccccn1. The third-order valence-corrected chi connectivity index (χ3v) is 5.76. The fourth-order valence-electron chi connectivity index (χ4n) is 4.50. The lowest BCUT2D eigenvalue weighted by Crippen LogP contribution is -2.61. The second-order valence-electron chi connectivity index (χ2n) is 7.70. The number of rotatable bonds is 3. The number of pyridine rings is 1. The topological polar surface area (TPSA) is 53.4 Å². The van der Waals surface area contributed by atoms with Gasteiger partial charge in [-0.05, 0) is 38.5 Å². The third-order valence-electron chi connectivity index (χ3n) is 5.76. The van der Waals surface area contributed by atoms with Crippen molar-refractivity contribution in [3.63, 3.8) is 0 Å². The first kappa shape index (κ1) is 16.3. The highest BCUT2D eigenvalue weighted by molar-refractivity contribution is 5.91. The zero-order valence-electron chi connectivity index (χ0n) is 15.2. The Morgan fingerprint density at radius 1 is 1.36 bits per heavy atom. The lowest BCUT2D eigenvalue weighted by Gasteiger charge is -2.53. The molecular weight excluding hydrogens is 316 g/mol. The minimum absolute atomic E-state index is 0.0783. The molecule has 0 N–H and O–H groups in total. The largest absolute Gasteiger partial charge is 0.458 e. The Labute approximate surface area is 148 Å². The zero-order valence-corrected chi connectivity index (χ0v) is 15.2. The summed E-state index contributed by atoms with van der Waals surface area (Å²) < 4.78 is 13.7. The molecule has 0 aromatic carbocycles. The van der Waals surface area contributed by atoms with Crippen LogP contribution in [-0.2, 0) is 9.47 Å². The van der Waals surface area contributed by atoms with E-state index >= 15 is 0 Å². The van der Waals surface area contributed by atoms with Crippen molar-refractivity contribution < 1.29 is 14.3 Å². The molecule has 4 rings (SSSR count). The molecule has 1 aliphatic heterocycles. The highest BCUT2D eigenvalue weighted by Gasteiger charge is 2.61. The molecule has 132 valence electrons. The minimum atomic E-state index is -0.251. The number of esters is 1. The number of carbonyl (C=O) groups excluding carboxylic acids is 1. The van der Waals surface area contributed by atoms with Gasteiger partial charge in [0.1, 0.15) is 11.9 Å². The van der Waals surface area contributed by atoms with E-state index < -0.39 is 0 Å². The number of aromatic nitrogens is 2. The second-order valence-corrected chi connectivity index (χ2v) is 7.70. The van der Waals surface area contributed by atoms with Gasteiger partial charge in [-0.15, -0.1) is 0 Å². The average molecular weight is 340 g/mol. The first-order valence-corrected chi connectivity index (χ1v) is 8.84. The van der Waals surface area contributed by atoms with E-state index in [9.17, 15) is 4.79 Å². The molecule has 5 nitrogen and oxygen atoms in total. The number of fused-ring (bicyclic) bond motifs is 1. The van der Waals surface area contributed by atoms with E-state index in [4.69, 9.17) is 9.47 Å². The Kier molecular flexibility index (Phi) is 3.72. The summed E-state index contributed by atoms with van der Waals surface area (Å²) in [5, 5.41) is 0. The van der Waals surface area contributed by atoms with Crippen molar-refractivity contribution in [3.05, 3.63) is 47.4 Å². The van der Waals surface area contributed by atoms with Crippen molar-refractivity contribution in [3.8, 4) is 5.82 Å². The van der Waals surface area contributed by atoms with Crippen LogP contribution in [0.25, 0.3) is 5.82 Å². The lowest BCUT2D eigenvalue weighted by molar-refractivity contribution is -0.183. The summed E-state index contributed by atoms with van der Waals surface area (Å²) in [5.74, 6) is 0.890. The third kappa shape index (κ3) is 2.41. The summed E-state index contributed by atoms with van der Waals surface area (Å²) in [6.07, 6.45) is 2.86. The fraction of sp³-hybridized carbons (Fsp3) is 0.500. The van der Waals surface area contributed by atoms with Gasteiger partial charge in [0.05, 0.1) is 11.7 Å². The number of hydrogen-bond donors (Lipinski definition) is 0. The van der Waals surface area contributed by atoms with Gasteiger partial charge in [-0.1, -0.05) is 19.9 Å². The van der Waals surface area contributed by atoms with E-state index in [1.54, 1.807) is 6.20 Å². The molecule has 0 amide bonds. The van der Waals surface area contributed by atoms with Crippen molar-refractivity contribution >= 4 is 5.97 Å². The molecular formula is C20H24N2O3. The first-order valence-electron chi connectivity index (χ1n) is 8.84. The zero-order chi connectivity index (χ0) is 17.8. The normalized spacial score (nSPS) is 26.8. The van der Waals surface area contributed by atoms with Gasteiger partial charge in [-0.25, -0.2) is 9.78 Å². The number of aryl methyl sites for hydroxylation is 1. The van der Waals surface area contributed by atoms with Crippen molar-refractivity contribution in [2.24, 2.45) is 11.3 Å². The van der Waals surface area contributed by atoms with Crippen molar-refractivity contribution in [2.75, 3.05) is 6.61 Å². The van der Waals surface area contributed by atoms with Gasteiger partial charge in [0.15, 0.2) is 0 Å². The number of hydrogen-bond acceptors (Lipinski definition) is 4. The van der Waals surface area contributed by atoms with Crippen molar-refractivity contribution in [1.29, 1.82) is 0 Å². The molecule has 1 saturated carbocycles. The van der Waals surface area contributed by atoms with Crippen LogP contribution in [0.5, 0.6) is 0 Å². The van der Waals surface area contributed by atoms with Gasteiger partial charge < -0.3 is 14.0 Å². The van der Waals surface area contributed by atoms with E-state index in [0.29, 0.717) is 11.5 Å². The van der Waals surface area contributed by atoms with E-state index in [2.05, 4.69) is 18.8 Å². The van der Waals surface area contributed by atoms with Crippen LogP contribution in [-0.4, -0.2) is 34.3 Å². The second kappa shape index (κ2) is 5.70. The molecule has 0 spiro atoms. The quantitative estimate of drug-likeness (QED) is 0.803. The monoisotopic (exact) mass is 340 g/mol. The molecule has 3 atom stereocenters. The predicted molar refractivity (Wildman–Crippen MR) is 93.9 cm³/mol. The predicted octanol–water partition coefficient (Wildman–Crippen LogP) is 3.46. The summed E-state index contributed by atoms with van der Waals surface area (Å²) in [7, 11) is 0. The molecule has 5 heteroatoms. The maximum atomic E-state index is 12.8. The fourth-order valence-corrected chi connectivity index (χ4v) is 4.50. The Balaban J connectivity index is 1.60. The molecule has 3 heterocycles. The molecule has 0 radical (unpaired) electrons. The smallest absolute Gasteiger partial charge is 0.340 e. The lowest BCUT2D eigenvalue weighted by atomic mass is 9.59. The van der Waals surface area contributed by atoms with Crippen LogP contribution in [0.4, 0.5) is 0 Å². The van der Waals surface area contributed by atoms with Crippen LogP contribution in [0.15, 0.2) is 30.5 Å². The first-order chi connectivity index (χ1) is 11.9. The molecule has 2 aromatic heterocycles. The number of nitrogens with zero attached hydrogens (tertiary/aromatic N) is 2. The minimum Gasteiger partial charge on any atom is -0.458 e. The van der Waals surface area contributed by atoms with Gasteiger partial charge >= 0.3 is 5.97 Å². The summed E-state index contributed by atoms with van der Waals surface area (Å²) in [6, 6.07) is 7.65. The van der Waals surface area contributed by atoms with Gasteiger partial charge in [0, 0.05) is 35.5 Å². The Morgan fingerprint density at radius 2 is 2.16 bits per heavy atom. The summed E-state index contributed by atoms with van der Waals surface area (Å²) in [5.41, 5.74) is 2.32. The van der Waals surface area contributed by atoms with Crippen LogP contribution in [0, 0.1) is 25.2 Å². The van der Waals surface area contributed by atoms with E-state index in [1.165, 1.54) is 0 Å². The van der Waals surface area contributed by atoms with Crippen molar-refractivity contribution in [1.82, 2.24) is 9.55 Å². The van der Waals surface area contributed by atoms with Crippen LogP contribution in [0.3, 0.4) is 0 Å². The van der Waals surface area contributed by atoms with Gasteiger partial charge in [-0.3, -0.25) is 0 Å². The maximum Gasteiger partial charge on any atom is 0.340 e. The average Bonchev–Trinajstić information content (AvgIpc) is 3.16. The molecule has 0 bridgehead atoms. The van der Waals surface area contributed by atoms with Crippen molar-refractivity contribution in [2.45, 2.75) is 46.3 Å². The van der Waals surface area contributed by atoms with Crippen LogP contribution in [0.2, 0.25) is 0 Å².